The standard InChI is InChI=1S/C27H23FN2O6/c1-27-18(24(33)29(26(27)35)13-6-3-2-4-7-13)12-17-14(21(27)16-8-5-9-19(28)22(16)31)10-11-15-20(17)25(34)30(36)23(15)32/h2-10,15,17-18,20-21,31,36H,11-12H2,1H3. The summed E-state index contributed by atoms with van der Waals surface area (Å²) in [6, 6.07) is 12.5. The summed E-state index contributed by atoms with van der Waals surface area (Å²) < 4.78 is 14.6. The fourth-order valence-corrected chi connectivity index (χ4v) is 6.93. The van der Waals surface area contributed by atoms with Crippen LogP contribution in [-0.2, 0) is 19.2 Å². The van der Waals surface area contributed by atoms with E-state index in [-0.39, 0.29) is 23.5 Å². The molecule has 1 saturated carbocycles. The minimum atomic E-state index is -1.38. The first-order chi connectivity index (χ1) is 17.2. The van der Waals surface area contributed by atoms with Crippen LogP contribution in [-0.4, -0.2) is 39.0 Å². The third-order valence-corrected chi connectivity index (χ3v) is 8.59. The normalized spacial score (nSPS) is 33.4. The van der Waals surface area contributed by atoms with Gasteiger partial charge in [-0.05, 0) is 43.9 Å². The molecule has 36 heavy (non-hydrogen) atoms. The molecule has 6 unspecified atom stereocenters. The fourth-order valence-electron chi connectivity index (χ4n) is 6.93. The third-order valence-electron chi connectivity index (χ3n) is 8.59. The molecule has 0 aromatic heterocycles. The van der Waals surface area contributed by atoms with Gasteiger partial charge in [0.05, 0.1) is 28.9 Å². The van der Waals surface area contributed by atoms with Crippen molar-refractivity contribution in [1.82, 2.24) is 5.06 Å². The molecule has 9 heteroatoms. The van der Waals surface area contributed by atoms with Gasteiger partial charge in [-0.1, -0.05) is 42.0 Å². The largest absolute Gasteiger partial charge is 0.505 e. The zero-order valence-electron chi connectivity index (χ0n) is 19.3. The summed E-state index contributed by atoms with van der Waals surface area (Å²) >= 11 is 0. The van der Waals surface area contributed by atoms with Crippen LogP contribution in [0.15, 0.2) is 60.2 Å². The minimum Gasteiger partial charge on any atom is -0.505 e. The Balaban J connectivity index is 1.57. The molecule has 2 heterocycles. The van der Waals surface area contributed by atoms with Crippen molar-refractivity contribution in [3.63, 3.8) is 0 Å². The third kappa shape index (κ3) is 2.71. The van der Waals surface area contributed by atoms with Crippen LogP contribution in [0.2, 0.25) is 0 Å². The van der Waals surface area contributed by atoms with Gasteiger partial charge in [0.2, 0.25) is 11.8 Å². The maximum Gasteiger partial charge on any atom is 0.257 e. The average molecular weight is 490 g/mol. The zero-order valence-corrected chi connectivity index (χ0v) is 19.3. The highest BCUT2D eigenvalue weighted by Gasteiger charge is 2.68. The topological polar surface area (TPSA) is 115 Å². The highest BCUT2D eigenvalue weighted by Crippen LogP contribution is 2.64. The zero-order chi connectivity index (χ0) is 25.5. The van der Waals surface area contributed by atoms with E-state index in [9.17, 15) is 33.9 Å². The summed E-state index contributed by atoms with van der Waals surface area (Å²) in [5, 5.41) is 21.0. The van der Waals surface area contributed by atoms with Gasteiger partial charge < -0.3 is 5.11 Å². The van der Waals surface area contributed by atoms with Crippen LogP contribution in [0.3, 0.4) is 0 Å². The highest BCUT2D eigenvalue weighted by molar-refractivity contribution is 6.24. The molecule has 4 amide bonds. The van der Waals surface area contributed by atoms with E-state index in [0.717, 1.165) is 11.0 Å². The van der Waals surface area contributed by atoms with Crippen molar-refractivity contribution >= 4 is 29.3 Å². The minimum absolute atomic E-state index is 0.108. The van der Waals surface area contributed by atoms with Crippen molar-refractivity contribution in [3.8, 4) is 5.75 Å². The van der Waals surface area contributed by atoms with Crippen molar-refractivity contribution in [3.05, 3.63) is 71.6 Å². The Labute approximate surface area is 205 Å². The highest BCUT2D eigenvalue weighted by atomic mass is 19.1. The molecule has 2 aliphatic heterocycles. The summed E-state index contributed by atoms with van der Waals surface area (Å²) in [6.07, 6.45) is 2.02. The van der Waals surface area contributed by atoms with Crippen molar-refractivity contribution < 1.29 is 33.9 Å². The number of aromatic hydroxyl groups is 1. The maximum absolute atomic E-state index is 14.6. The predicted octanol–water partition coefficient (Wildman–Crippen LogP) is 3.15. The molecule has 6 rings (SSSR count). The van der Waals surface area contributed by atoms with Gasteiger partial charge in [0, 0.05) is 11.5 Å². The number of hydrogen-bond donors (Lipinski definition) is 2. The number of carbonyl (C=O) groups is 4. The number of allylic oxidation sites excluding steroid dienone is 2. The molecule has 2 aromatic rings. The summed E-state index contributed by atoms with van der Waals surface area (Å²) in [5.74, 6) is -7.99. The molecule has 0 spiro atoms. The van der Waals surface area contributed by atoms with E-state index in [1.165, 1.54) is 12.1 Å². The molecule has 3 fully saturated rings. The van der Waals surface area contributed by atoms with Crippen LogP contribution >= 0.6 is 0 Å². The van der Waals surface area contributed by atoms with E-state index in [2.05, 4.69) is 0 Å². The molecule has 4 aliphatic rings. The molecule has 2 aromatic carbocycles. The quantitative estimate of drug-likeness (QED) is 0.380. The molecular weight excluding hydrogens is 467 g/mol. The Kier molecular flexibility index (Phi) is 4.75. The molecule has 2 aliphatic carbocycles. The molecule has 0 bridgehead atoms. The number of phenols is 1. The van der Waals surface area contributed by atoms with E-state index in [4.69, 9.17) is 0 Å². The molecule has 2 saturated heterocycles. The Hall–Kier alpha value is -3.85. The van der Waals surface area contributed by atoms with Gasteiger partial charge in [0.25, 0.3) is 11.8 Å². The van der Waals surface area contributed by atoms with Gasteiger partial charge in [-0.25, -0.2) is 9.29 Å². The number of benzene rings is 2. The first kappa shape index (κ1) is 22.6. The van der Waals surface area contributed by atoms with Gasteiger partial charge >= 0.3 is 0 Å². The van der Waals surface area contributed by atoms with E-state index in [1.54, 1.807) is 43.3 Å². The number of imide groups is 2. The van der Waals surface area contributed by atoms with E-state index >= 15 is 0 Å². The number of hydrogen-bond acceptors (Lipinski definition) is 6. The lowest BCUT2D eigenvalue weighted by Crippen LogP contribution is -2.48. The number of rotatable bonds is 2. The number of fused-ring (bicyclic) bond motifs is 4. The Morgan fingerprint density at radius 1 is 0.944 bits per heavy atom. The molecule has 6 atom stereocenters. The number of para-hydroxylation sites is 2. The Morgan fingerprint density at radius 3 is 2.39 bits per heavy atom. The summed E-state index contributed by atoms with van der Waals surface area (Å²) in [7, 11) is 0. The molecule has 8 nitrogen and oxygen atoms in total. The van der Waals surface area contributed by atoms with Crippen LogP contribution in [0.4, 0.5) is 10.1 Å². The number of halogens is 1. The van der Waals surface area contributed by atoms with Crippen molar-refractivity contribution in [2.24, 2.45) is 29.1 Å². The number of amides is 4. The number of anilines is 1. The first-order valence-electron chi connectivity index (χ1n) is 11.8. The number of carbonyl (C=O) groups excluding carboxylic acids is 4. The lowest BCUT2D eigenvalue weighted by Gasteiger charge is -2.49. The summed E-state index contributed by atoms with van der Waals surface area (Å²) in [6.45, 7) is 1.65. The molecular formula is C27H23FN2O6. The summed E-state index contributed by atoms with van der Waals surface area (Å²) in [4.78, 5) is 54.4. The molecule has 184 valence electrons. The lowest BCUT2D eigenvalue weighted by molar-refractivity contribution is -0.173. The van der Waals surface area contributed by atoms with E-state index < -0.39 is 70.2 Å². The van der Waals surface area contributed by atoms with Gasteiger partial charge in [-0.2, -0.15) is 5.06 Å². The smallest absolute Gasteiger partial charge is 0.257 e. The van der Waals surface area contributed by atoms with Crippen molar-refractivity contribution in [2.75, 3.05) is 4.90 Å². The molecule has 0 radical (unpaired) electrons. The van der Waals surface area contributed by atoms with Crippen LogP contribution in [0, 0.1) is 34.9 Å². The summed E-state index contributed by atoms with van der Waals surface area (Å²) in [5.41, 5.74) is -0.236. The van der Waals surface area contributed by atoms with Crippen molar-refractivity contribution in [2.45, 2.75) is 25.7 Å². The second-order valence-corrected chi connectivity index (χ2v) is 10.2. The fraction of sp³-hybridized carbons (Fsp3) is 0.333. The second-order valence-electron chi connectivity index (χ2n) is 10.2. The SMILES string of the molecule is CC12C(=O)N(c3ccccc3)C(=O)C1CC1C(=CCC3C(=O)N(O)C(=O)C31)C2c1cccc(F)c1O. The van der Waals surface area contributed by atoms with Gasteiger partial charge in [0.15, 0.2) is 11.6 Å². The molecule has 2 N–H and O–H groups in total. The van der Waals surface area contributed by atoms with Crippen LogP contribution < -0.4 is 4.90 Å². The van der Waals surface area contributed by atoms with Crippen LogP contribution in [0.1, 0.15) is 31.2 Å². The van der Waals surface area contributed by atoms with Gasteiger partial charge in [0.1, 0.15) is 0 Å². The Morgan fingerprint density at radius 2 is 1.67 bits per heavy atom. The van der Waals surface area contributed by atoms with Gasteiger partial charge in [-0.3, -0.25) is 24.4 Å². The van der Waals surface area contributed by atoms with Crippen LogP contribution in [0.5, 0.6) is 5.75 Å². The number of hydroxylamine groups is 2. The predicted molar refractivity (Wildman–Crippen MR) is 123 cm³/mol. The van der Waals surface area contributed by atoms with Crippen LogP contribution in [0.25, 0.3) is 0 Å². The van der Waals surface area contributed by atoms with E-state index in [1.807, 2.05) is 0 Å². The maximum atomic E-state index is 14.6. The Bertz CT molecular complexity index is 1370. The van der Waals surface area contributed by atoms with Gasteiger partial charge in [-0.15, -0.1) is 0 Å². The lowest BCUT2D eigenvalue weighted by atomic mass is 9.51. The van der Waals surface area contributed by atoms with E-state index in [0.29, 0.717) is 11.3 Å². The second kappa shape index (κ2) is 7.57. The number of nitrogens with zero attached hydrogens (tertiary/aromatic N) is 2. The van der Waals surface area contributed by atoms with Crippen molar-refractivity contribution in [1.29, 1.82) is 0 Å². The number of phenolic OH excluding ortho intramolecular Hbond substituents is 1. The average Bonchev–Trinajstić information content (AvgIpc) is 3.21. The first-order valence-corrected chi connectivity index (χ1v) is 11.8. The monoisotopic (exact) mass is 490 g/mol.